The fraction of sp³-hybridized carbons (Fsp3) is 0.143. The van der Waals surface area contributed by atoms with Gasteiger partial charge in [0.1, 0.15) is 6.54 Å². The number of nitrogens with zero attached hydrogens (tertiary/aromatic N) is 1. The third kappa shape index (κ3) is 4.28. The van der Waals surface area contributed by atoms with E-state index in [1.807, 2.05) is 0 Å². The van der Waals surface area contributed by atoms with Crippen LogP contribution in [0.2, 0.25) is 10.0 Å². The van der Waals surface area contributed by atoms with Gasteiger partial charge in [-0.3, -0.25) is 13.9 Å². The first-order valence-electron chi connectivity index (χ1n) is 8.90. The first-order chi connectivity index (χ1) is 14.1. The van der Waals surface area contributed by atoms with Crippen LogP contribution in [0.15, 0.2) is 59.5 Å². The molecule has 9 heteroatoms. The molecule has 0 radical (unpaired) electrons. The van der Waals surface area contributed by atoms with Crippen molar-refractivity contribution < 1.29 is 23.1 Å². The van der Waals surface area contributed by atoms with Gasteiger partial charge in [0.05, 0.1) is 10.6 Å². The summed E-state index contributed by atoms with van der Waals surface area (Å²) in [6.07, 6.45) is 0.279. The van der Waals surface area contributed by atoms with Crippen LogP contribution in [0.25, 0.3) is 10.8 Å². The lowest BCUT2D eigenvalue weighted by Gasteiger charge is -2.24. The molecule has 0 unspecified atom stereocenters. The Kier molecular flexibility index (Phi) is 6.36. The summed E-state index contributed by atoms with van der Waals surface area (Å²) in [5.41, 5.74) is 0.576. The number of ketones is 1. The number of carboxylic acid groups (broad SMARTS) is 1. The van der Waals surface area contributed by atoms with Crippen LogP contribution in [0.3, 0.4) is 0 Å². The van der Waals surface area contributed by atoms with Gasteiger partial charge in [0, 0.05) is 27.4 Å². The monoisotopic (exact) mass is 465 g/mol. The highest BCUT2D eigenvalue weighted by Gasteiger charge is 2.29. The van der Waals surface area contributed by atoms with Crippen LogP contribution >= 0.6 is 23.2 Å². The van der Waals surface area contributed by atoms with Gasteiger partial charge < -0.3 is 5.11 Å². The number of carbonyl (C=O) groups is 2. The first kappa shape index (κ1) is 22.1. The molecule has 3 rings (SSSR count). The van der Waals surface area contributed by atoms with E-state index in [1.165, 1.54) is 24.3 Å². The molecule has 6 nitrogen and oxygen atoms in total. The van der Waals surface area contributed by atoms with Gasteiger partial charge in [-0.25, -0.2) is 8.42 Å². The largest absolute Gasteiger partial charge is 0.480 e. The molecule has 0 saturated carbocycles. The molecule has 3 aromatic rings. The van der Waals surface area contributed by atoms with Gasteiger partial charge in [0.25, 0.3) is 10.0 Å². The minimum absolute atomic E-state index is 0.102. The van der Waals surface area contributed by atoms with E-state index < -0.39 is 22.5 Å². The highest BCUT2D eigenvalue weighted by molar-refractivity contribution is 7.92. The van der Waals surface area contributed by atoms with Crippen LogP contribution in [-0.4, -0.2) is 31.8 Å². The number of sulfonamides is 1. The quantitative estimate of drug-likeness (QED) is 0.494. The Hall–Kier alpha value is -2.61. The molecular weight excluding hydrogens is 449 g/mol. The Bertz CT molecular complexity index is 1240. The molecule has 3 aromatic carbocycles. The number of anilines is 1. The average molecular weight is 466 g/mol. The molecule has 0 aliphatic carbocycles. The molecule has 156 valence electrons. The third-order valence-electron chi connectivity index (χ3n) is 4.49. The number of hydrogen-bond acceptors (Lipinski definition) is 4. The minimum atomic E-state index is -4.33. The van der Waals surface area contributed by atoms with Crippen molar-refractivity contribution in [3.05, 3.63) is 70.2 Å². The van der Waals surface area contributed by atoms with Crippen molar-refractivity contribution in [3.8, 4) is 0 Å². The van der Waals surface area contributed by atoms with Crippen molar-refractivity contribution in [1.29, 1.82) is 0 Å². The maximum absolute atomic E-state index is 13.4. The Morgan fingerprint density at radius 1 is 0.967 bits per heavy atom. The van der Waals surface area contributed by atoms with Gasteiger partial charge in [-0.2, -0.15) is 0 Å². The van der Waals surface area contributed by atoms with E-state index in [1.54, 1.807) is 37.3 Å². The number of benzene rings is 3. The number of rotatable bonds is 7. The van der Waals surface area contributed by atoms with Gasteiger partial charge in [-0.15, -0.1) is 0 Å². The molecular formula is C21H17Cl2NO5S. The summed E-state index contributed by atoms with van der Waals surface area (Å²) >= 11 is 11.9. The van der Waals surface area contributed by atoms with Crippen LogP contribution in [0, 0.1) is 0 Å². The molecule has 0 fully saturated rings. The van der Waals surface area contributed by atoms with Crippen molar-refractivity contribution in [3.63, 3.8) is 0 Å². The number of aliphatic carboxylic acids is 1. The number of fused-ring (bicyclic) bond motifs is 1. The predicted octanol–water partition coefficient (Wildman–Crippen LogP) is 5.02. The Labute approximate surface area is 183 Å². The molecule has 0 bridgehead atoms. The van der Waals surface area contributed by atoms with Gasteiger partial charge in [-0.05, 0) is 29.7 Å². The van der Waals surface area contributed by atoms with E-state index in [0.29, 0.717) is 16.3 Å². The van der Waals surface area contributed by atoms with E-state index in [9.17, 15) is 23.1 Å². The summed E-state index contributed by atoms with van der Waals surface area (Å²) in [6.45, 7) is 0.909. The standard InChI is InChI=1S/C21H17Cl2NO5S/c1-2-20(25)18-7-3-6-17-16(18)5-4-8-19(17)24(12-21(26)27)30(28,29)15-10-13(22)9-14(23)11-15/h3-11H,2,12H2,1H3,(H,26,27). The van der Waals surface area contributed by atoms with Crippen LogP contribution in [-0.2, 0) is 14.8 Å². The van der Waals surface area contributed by atoms with Crippen LogP contribution in [0.4, 0.5) is 5.69 Å². The number of hydrogen-bond donors (Lipinski definition) is 1. The topological polar surface area (TPSA) is 91.8 Å². The van der Waals surface area contributed by atoms with E-state index >= 15 is 0 Å². The molecule has 0 saturated heterocycles. The second kappa shape index (κ2) is 8.63. The molecule has 30 heavy (non-hydrogen) atoms. The molecule has 0 aliphatic heterocycles. The lowest BCUT2D eigenvalue weighted by molar-refractivity contribution is -0.135. The smallest absolute Gasteiger partial charge is 0.324 e. The van der Waals surface area contributed by atoms with Crippen molar-refractivity contribution in [1.82, 2.24) is 0 Å². The van der Waals surface area contributed by atoms with Gasteiger partial charge in [0.2, 0.25) is 0 Å². The van der Waals surface area contributed by atoms with Gasteiger partial charge in [0.15, 0.2) is 5.78 Å². The maximum Gasteiger partial charge on any atom is 0.324 e. The summed E-state index contributed by atoms with van der Waals surface area (Å²) in [7, 11) is -4.33. The first-order valence-corrected chi connectivity index (χ1v) is 11.1. The zero-order valence-corrected chi connectivity index (χ0v) is 18.1. The molecule has 0 heterocycles. The summed E-state index contributed by atoms with van der Waals surface area (Å²) in [5.74, 6) is -1.45. The summed E-state index contributed by atoms with van der Waals surface area (Å²) in [4.78, 5) is 23.6. The Balaban J connectivity index is 2.28. The molecule has 0 aromatic heterocycles. The van der Waals surface area contributed by atoms with Gasteiger partial charge in [-0.1, -0.05) is 60.5 Å². The minimum Gasteiger partial charge on any atom is -0.480 e. The SMILES string of the molecule is CCC(=O)c1cccc2c(N(CC(=O)O)S(=O)(=O)c3cc(Cl)cc(Cl)c3)cccc12. The van der Waals surface area contributed by atoms with Crippen molar-refractivity contribution >= 4 is 61.4 Å². The molecule has 0 aliphatic rings. The van der Waals surface area contributed by atoms with Crippen molar-refractivity contribution in [2.45, 2.75) is 18.2 Å². The zero-order chi connectivity index (χ0) is 22.1. The number of carbonyl (C=O) groups excluding carboxylic acids is 1. The molecule has 0 amide bonds. The van der Waals surface area contributed by atoms with Crippen LogP contribution in [0.1, 0.15) is 23.7 Å². The number of Topliss-reactive ketones (excluding diaryl/α,β-unsaturated/α-hetero) is 1. The van der Waals surface area contributed by atoms with Crippen molar-refractivity contribution in [2.24, 2.45) is 0 Å². The fourth-order valence-electron chi connectivity index (χ4n) is 3.17. The highest BCUT2D eigenvalue weighted by Crippen LogP contribution is 2.34. The normalized spacial score (nSPS) is 11.4. The zero-order valence-electron chi connectivity index (χ0n) is 15.8. The molecule has 0 atom stereocenters. The fourth-order valence-corrected chi connectivity index (χ4v) is 5.33. The second-order valence-electron chi connectivity index (χ2n) is 6.47. The number of halogens is 2. The summed E-state index contributed by atoms with van der Waals surface area (Å²) < 4.78 is 27.5. The van der Waals surface area contributed by atoms with Crippen molar-refractivity contribution in [2.75, 3.05) is 10.8 Å². The van der Waals surface area contributed by atoms with E-state index in [-0.39, 0.29) is 32.8 Å². The highest BCUT2D eigenvalue weighted by atomic mass is 35.5. The molecule has 1 N–H and O–H groups in total. The van der Waals surface area contributed by atoms with Gasteiger partial charge >= 0.3 is 5.97 Å². The maximum atomic E-state index is 13.4. The summed E-state index contributed by atoms with van der Waals surface area (Å²) in [5, 5.41) is 10.6. The number of carboxylic acids is 1. The lowest BCUT2D eigenvalue weighted by atomic mass is 9.99. The predicted molar refractivity (Wildman–Crippen MR) is 117 cm³/mol. The van der Waals surface area contributed by atoms with Crippen LogP contribution in [0.5, 0.6) is 0 Å². The lowest BCUT2D eigenvalue weighted by Crippen LogP contribution is -2.36. The second-order valence-corrected chi connectivity index (χ2v) is 9.20. The Morgan fingerprint density at radius 2 is 1.57 bits per heavy atom. The van der Waals surface area contributed by atoms with E-state index in [4.69, 9.17) is 23.2 Å². The van der Waals surface area contributed by atoms with Crippen LogP contribution < -0.4 is 4.31 Å². The molecule has 0 spiro atoms. The van der Waals surface area contributed by atoms with E-state index in [0.717, 1.165) is 4.31 Å². The average Bonchev–Trinajstić information content (AvgIpc) is 2.69. The summed E-state index contributed by atoms with van der Waals surface area (Å²) in [6, 6.07) is 13.5. The van der Waals surface area contributed by atoms with E-state index in [2.05, 4.69) is 0 Å². The Morgan fingerprint density at radius 3 is 2.17 bits per heavy atom. The third-order valence-corrected chi connectivity index (χ3v) is 6.67.